The standard InChI is InChI=1S/C20H28O2/c1-16(8-5-6-11-17-9-3-2-4-10-17)14-20(22)18-12-7-13-19(21)15-18/h2-4,9-10,14,18,20,22H,5-8,11-13,15H2,1H3/b16-14+/t18-,20+/m1/s1. The zero-order valence-electron chi connectivity index (χ0n) is 13.6. The Morgan fingerprint density at radius 3 is 2.82 bits per heavy atom. The molecule has 1 N–H and O–H groups in total. The molecule has 2 nitrogen and oxygen atoms in total. The summed E-state index contributed by atoms with van der Waals surface area (Å²) in [7, 11) is 0. The molecule has 1 fully saturated rings. The highest BCUT2D eigenvalue weighted by atomic mass is 16.3. The zero-order chi connectivity index (χ0) is 15.8. The molecule has 120 valence electrons. The number of benzene rings is 1. The van der Waals surface area contributed by atoms with E-state index in [2.05, 4.69) is 31.2 Å². The summed E-state index contributed by atoms with van der Waals surface area (Å²) in [5.41, 5.74) is 2.64. The lowest BCUT2D eigenvalue weighted by Gasteiger charge is -2.24. The molecule has 0 radical (unpaired) electrons. The molecule has 0 amide bonds. The number of unbranched alkanes of at least 4 members (excludes halogenated alkanes) is 1. The quantitative estimate of drug-likeness (QED) is 0.596. The number of ketones is 1. The third kappa shape index (κ3) is 5.76. The molecule has 1 aliphatic rings. The first-order chi connectivity index (χ1) is 10.6. The van der Waals surface area contributed by atoms with Crippen LogP contribution >= 0.6 is 0 Å². The first-order valence-electron chi connectivity index (χ1n) is 8.56. The van der Waals surface area contributed by atoms with Gasteiger partial charge in [-0.05, 0) is 56.9 Å². The van der Waals surface area contributed by atoms with Gasteiger partial charge < -0.3 is 5.11 Å². The average molecular weight is 300 g/mol. The second kappa shape index (κ2) is 8.89. The van der Waals surface area contributed by atoms with Gasteiger partial charge in [-0.1, -0.05) is 42.0 Å². The second-order valence-electron chi connectivity index (χ2n) is 6.59. The van der Waals surface area contributed by atoms with Crippen molar-refractivity contribution in [1.82, 2.24) is 0 Å². The lowest BCUT2D eigenvalue weighted by Crippen LogP contribution is -2.25. The molecule has 22 heavy (non-hydrogen) atoms. The number of hydrogen-bond acceptors (Lipinski definition) is 2. The Kier molecular flexibility index (Phi) is 6.85. The van der Waals surface area contributed by atoms with Crippen LogP contribution in [-0.4, -0.2) is 17.0 Å². The predicted molar refractivity (Wildman–Crippen MR) is 90.7 cm³/mol. The molecule has 2 heteroatoms. The van der Waals surface area contributed by atoms with Crippen LogP contribution in [0.15, 0.2) is 42.0 Å². The van der Waals surface area contributed by atoms with Crippen LogP contribution < -0.4 is 0 Å². The van der Waals surface area contributed by atoms with Gasteiger partial charge in [0.1, 0.15) is 5.78 Å². The summed E-state index contributed by atoms with van der Waals surface area (Å²) in [5.74, 6) is 0.449. The molecule has 0 spiro atoms. The van der Waals surface area contributed by atoms with Crippen molar-refractivity contribution in [2.24, 2.45) is 5.92 Å². The lowest BCUT2D eigenvalue weighted by molar-refractivity contribution is -0.122. The van der Waals surface area contributed by atoms with E-state index in [1.807, 2.05) is 12.1 Å². The van der Waals surface area contributed by atoms with E-state index in [1.54, 1.807) is 0 Å². The van der Waals surface area contributed by atoms with Gasteiger partial charge in [0.2, 0.25) is 0 Å². The number of allylic oxidation sites excluding steroid dienone is 1. The van der Waals surface area contributed by atoms with E-state index < -0.39 is 6.10 Å². The SMILES string of the molecule is C/C(=C\[C@H](O)[C@@H]1CCCC(=O)C1)CCCCc1ccccc1. The summed E-state index contributed by atoms with van der Waals surface area (Å²) in [6.45, 7) is 2.09. The number of aliphatic hydroxyl groups excluding tert-OH is 1. The Hall–Kier alpha value is -1.41. The van der Waals surface area contributed by atoms with Gasteiger partial charge in [-0.25, -0.2) is 0 Å². The second-order valence-corrected chi connectivity index (χ2v) is 6.59. The monoisotopic (exact) mass is 300 g/mol. The topological polar surface area (TPSA) is 37.3 Å². The average Bonchev–Trinajstić information content (AvgIpc) is 2.52. The first kappa shape index (κ1) is 17.0. The fraction of sp³-hybridized carbons (Fsp3) is 0.550. The van der Waals surface area contributed by atoms with Crippen molar-refractivity contribution in [3.05, 3.63) is 47.5 Å². The molecule has 0 aromatic heterocycles. The maximum absolute atomic E-state index is 11.5. The van der Waals surface area contributed by atoms with Crippen molar-refractivity contribution >= 4 is 5.78 Å². The molecule has 0 unspecified atom stereocenters. The van der Waals surface area contributed by atoms with E-state index >= 15 is 0 Å². The highest BCUT2D eigenvalue weighted by molar-refractivity contribution is 5.79. The molecule has 1 aromatic carbocycles. The van der Waals surface area contributed by atoms with Crippen LogP contribution in [0.2, 0.25) is 0 Å². The minimum absolute atomic E-state index is 0.139. The zero-order valence-corrected chi connectivity index (χ0v) is 13.6. The number of carbonyl (C=O) groups excluding carboxylic acids is 1. The number of aryl methyl sites for hydroxylation is 1. The summed E-state index contributed by atoms with van der Waals surface area (Å²) in [5, 5.41) is 10.3. The third-order valence-corrected chi connectivity index (χ3v) is 4.59. The molecule has 0 heterocycles. The highest BCUT2D eigenvalue weighted by Crippen LogP contribution is 2.26. The maximum Gasteiger partial charge on any atom is 0.133 e. The molecule has 1 aliphatic carbocycles. The van der Waals surface area contributed by atoms with Gasteiger partial charge in [-0.3, -0.25) is 4.79 Å². The van der Waals surface area contributed by atoms with Crippen LogP contribution in [0, 0.1) is 5.92 Å². The summed E-state index contributed by atoms with van der Waals surface area (Å²) >= 11 is 0. The van der Waals surface area contributed by atoms with Gasteiger partial charge >= 0.3 is 0 Å². The van der Waals surface area contributed by atoms with Crippen LogP contribution in [-0.2, 0) is 11.2 Å². The lowest BCUT2D eigenvalue weighted by atomic mass is 9.84. The fourth-order valence-electron chi connectivity index (χ4n) is 3.24. The van der Waals surface area contributed by atoms with Gasteiger partial charge in [0.15, 0.2) is 0 Å². The van der Waals surface area contributed by atoms with Gasteiger partial charge in [0, 0.05) is 12.8 Å². The van der Waals surface area contributed by atoms with Crippen molar-refractivity contribution in [2.45, 2.75) is 64.4 Å². The largest absolute Gasteiger partial charge is 0.389 e. The molecule has 0 aliphatic heterocycles. The van der Waals surface area contributed by atoms with Crippen molar-refractivity contribution in [1.29, 1.82) is 0 Å². The van der Waals surface area contributed by atoms with E-state index in [1.165, 1.54) is 17.6 Å². The van der Waals surface area contributed by atoms with E-state index in [-0.39, 0.29) is 5.92 Å². The Morgan fingerprint density at radius 2 is 2.09 bits per heavy atom. The summed E-state index contributed by atoms with van der Waals surface area (Å²) < 4.78 is 0. The molecular weight excluding hydrogens is 272 g/mol. The van der Waals surface area contributed by atoms with Gasteiger partial charge in [-0.15, -0.1) is 0 Å². The summed E-state index contributed by atoms with van der Waals surface area (Å²) in [6.07, 6.45) is 9.17. The van der Waals surface area contributed by atoms with Crippen molar-refractivity contribution in [2.75, 3.05) is 0 Å². The minimum atomic E-state index is -0.446. The minimum Gasteiger partial charge on any atom is -0.389 e. The van der Waals surface area contributed by atoms with Crippen molar-refractivity contribution in [3.8, 4) is 0 Å². The number of rotatable bonds is 7. The molecule has 1 saturated carbocycles. The molecule has 0 saturated heterocycles. The Labute approximate surface area is 134 Å². The predicted octanol–water partition coefficient (Wildman–Crippen LogP) is 4.47. The number of Topliss-reactive ketones (excluding diaryl/α,β-unsaturated/α-hetero) is 1. The van der Waals surface area contributed by atoms with Gasteiger partial charge in [0.05, 0.1) is 6.10 Å². The number of hydrogen-bond donors (Lipinski definition) is 1. The van der Waals surface area contributed by atoms with E-state index in [4.69, 9.17) is 0 Å². The van der Waals surface area contributed by atoms with E-state index in [0.29, 0.717) is 18.6 Å². The Balaban J connectivity index is 1.69. The van der Waals surface area contributed by atoms with Crippen molar-refractivity contribution < 1.29 is 9.90 Å². The third-order valence-electron chi connectivity index (χ3n) is 4.59. The molecular formula is C20H28O2. The number of carbonyl (C=O) groups is 1. The Bertz CT molecular complexity index is 490. The Morgan fingerprint density at radius 1 is 1.32 bits per heavy atom. The normalized spacial score (nSPS) is 20.9. The van der Waals surface area contributed by atoms with Crippen molar-refractivity contribution in [3.63, 3.8) is 0 Å². The molecule has 2 rings (SSSR count). The molecule has 1 aromatic rings. The fourth-order valence-corrected chi connectivity index (χ4v) is 3.24. The van der Waals surface area contributed by atoms with Gasteiger partial charge in [0.25, 0.3) is 0 Å². The van der Waals surface area contributed by atoms with Crippen LogP contribution in [0.4, 0.5) is 0 Å². The van der Waals surface area contributed by atoms with Crippen LogP contribution in [0.5, 0.6) is 0 Å². The van der Waals surface area contributed by atoms with Gasteiger partial charge in [-0.2, -0.15) is 0 Å². The summed E-state index contributed by atoms with van der Waals surface area (Å²) in [6, 6.07) is 10.6. The van der Waals surface area contributed by atoms with Crippen LogP contribution in [0.25, 0.3) is 0 Å². The van der Waals surface area contributed by atoms with E-state index in [0.717, 1.165) is 32.1 Å². The smallest absolute Gasteiger partial charge is 0.133 e. The van der Waals surface area contributed by atoms with Crippen LogP contribution in [0.3, 0.4) is 0 Å². The van der Waals surface area contributed by atoms with Crippen LogP contribution in [0.1, 0.15) is 57.4 Å². The maximum atomic E-state index is 11.5. The molecule has 2 atom stereocenters. The highest BCUT2D eigenvalue weighted by Gasteiger charge is 2.24. The van der Waals surface area contributed by atoms with E-state index in [9.17, 15) is 9.90 Å². The molecule has 0 bridgehead atoms. The number of aliphatic hydroxyl groups is 1. The first-order valence-corrected chi connectivity index (χ1v) is 8.56. The summed E-state index contributed by atoms with van der Waals surface area (Å²) in [4.78, 5) is 11.5.